The summed E-state index contributed by atoms with van der Waals surface area (Å²) in [7, 11) is 0. The zero-order chi connectivity index (χ0) is 13.8. The van der Waals surface area contributed by atoms with Crippen LogP contribution in [-0.4, -0.2) is 35.2 Å². The minimum Gasteiger partial charge on any atom is -0.327 e. The highest BCUT2D eigenvalue weighted by atomic mass is 19.4. The smallest absolute Gasteiger partial charge is 0.327 e. The number of carbonyl (C=O) groups is 1. The zero-order valence-electron chi connectivity index (χ0n) is 9.55. The number of hydrogen-bond acceptors (Lipinski definition) is 3. The summed E-state index contributed by atoms with van der Waals surface area (Å²) < 4.78 is 39.1. The van der Waals surface area contributed by atoms with Crippen LogP contribution in [0.15, 0.2) is 24.3 Å². The van der Waals surface area contributed by atoms with E-state index < -0.39 is 31.0 Å². The topological polar surface area (TPSA) is 55.8 Å². The van der Waals surface area contributed by atoms with Crippen LogP contribution in [0.3, 0.4) is 0 Å². The number of carbonyl (C=O) groups excluding carboxylic acids is 1. The van der Waals surface area contributed by atoms with Gasteiger partial charge in [0.15, 0.2) is 0 Å². The van der Waals surface area contributed by atoms with Crippen molar-refractivity contribution in [3.63, 3.8) is 0 Å². The van der Waals surface area contributed by atoms with E-state index in [1.165, 1.54) is 18.2 Å². The summed E-state index contributed by atoms with van der Waals surface area (Å²) in [5, 5.41) is 12.3. The lowest BCUT2D eigenvalue weighted by Crippen LogP contribution is -2.51. The molecule has 0 spiro atoms. The van der Waals surface area contributed by atoms with Crippen molar-refractivity contribution in [3.05, 3.63) is 29.8 Å². The molecule has 1 aromatic carbocycles. The van der Waals surface area contributed by atoms with Gasteiger partial charge in [-0.25, -0.2) is 4.79 Å². The number of hydroxylamine groups is 2. The zero-order valence-corrected chi connectivity index (χ0v) is 9.55. The summed E-state index contributed by atoms with van der Waals surface area (Å²) >= 11 is 0. The first-order valence-corrected chi connectivity index (χ1v) is 5.61. The Labute approximate surface area is 106 Å². The monoisotopic (exact) mass is 273 g/mol. The molecule has 2 aliphatic rings. The molecule has 1 fully saturated rings. The first-order chi connectivity index (χ1) is 8.89. The van der Waals surface area contributed by atoms with Crippen molar-refractivity contribution in [1.82, 2.24) is 10.4 Å². The Kier molecular flexibility index (Phi) is 2.40. The molecule has 5 nitrogen and oxygen atoms in total. The van der Waals surface area contributed by atoms with Gasteiger partial charge in [-0.2, -0.15) is 18.2 Å². The molecule has 102 valence electrons. The van der Waals surface area contributed by atoms with Crippen molar-refractivity contribution in [2.45, 2.75) is 18.4 Å². The second kappa shape index (κ2) is 3.77. The van der Waals surface area contributed by atoms with E-state index in [2.05, 4.69) is 5.32 Å². The molecule has 0 aliphatic carbocycles. The van der Waals surface area contributed by atoms with Crippen molar-refractivity contribution < 1.29 is 23.2 Å². The molecular formula is C11H10F3N3O2. The standard InChI is InChI=1S/C11H10F3N3O2/c12-11(13,14)16-5-8-9(15-10(18)17(8)19)6-3-1-2-4-7(6)16/h1-4,8-9,19H,5H2,(H,15,18). The van der Waals surface area contributed by atoms with Gasteiger partial charge in [0.2, 0.25) is 0 Å². The van der Waals surface area contributed by atoms with E-state index in [9.17, 15) is 23.2 Å². The highest BCUT2D eigenvalue weighted by Crippen LogP contribution is 2.42. The van der Waals surface area contributed by atoms with Gasteiger partial charge in [-0.15, -0.1) is 0 Å². The number of amides is 2. The van der Waals surface area contributed by atoms with E-state index in [-0.39, 0.29) is 10.6 Å². The molecule has 1 saturated heterocycles. The lowest BCUT2D eigenvalue weighted by molar-refractivity contribution is -0.138. The number of nitrogens with zero attached hydrogens (tertiary/aromatic N) is 2. The van der Waals surface area contributed by atoms with Crippen LogP contribution in [-0.2, 0) is 0 Å². The van der Waals surface area contributed by atoms with Crippen molar-refractivity contribution >= 4 is 11.7 Å². The lowest BCUT2D eigenvalue weighted by atomic mass is 9.94. The third-order valence-corrected chi connectivity index (χ3v) is 3.42. The summed E-state index contributed by atoms with van der Waals surface area (Å²) in [6, 6.07) is 3.60. The molecule has 2 amide bonds. The first kappa shape index (κ1) is 12.1. The van der Waals surface area contributed by atoms with Crippen LogP contribution in [0, 0.1) is 0 Å². The fourth-order valence-electron chi connectivity index (χ4n) is 2.58. The van der Waals surface area contributed by atoms with Crippen LogP contribution in [0.2, 0.25) is 0 Å². The highest BCUT2D eigenvalue weighted by Gasteiger charge is 2.51. The minimum absolute atomic E-state index is 0.00634. The summed E-state index contributed by atoms with van der Waals surface area (Å²) in [6.07, 6.45) is -4.56. The first-order valence-electron chi connectivity index (χ1n) is 5.61. The number of anilines is 1. The van der Waals surface area contributed by atoms with E-state index in [0.29, 0.717) is 10.6 Å². The second-order valence-electron chi connectivity index (χ2n) is 4.48. The van der Waals surface area contributed by atoms with Gasteiger partial charge in [-0.1, -0.05) is 18.2 Å². The van der Waals surface area contributed by atoms with E-state index in [1.54, 1.807) is 6.07 Å². The average Bonchev–Trinajstić information content (AvgIpc) is 2.64. The maximum atomic E-state index is 13.0. The SMILES string of the molecule is O=C1NC2c3ccccc3N(C(F)(F)F)CC2N1O. The molecule has 2 N–H and O–H groups in total. The molecule has 2 unspecified atom stereocenters. The van der Waals surface area contributed by atoms with Crippen molar-refractivity contribution in [2.75, 3.05) is 11.4 Å². The number of para-hydroxylation sites is 1. The highest BCUT2D eigenvalue weighted by molar-refractivity contribution is 5.78. The summed E-state index contributed by atoms with van der Waals surface area (Å²) in [5.41, 5.74) is 0.354. The fraction of sp³-hybridized carbons (Fsp3) is 0.364. The number of alkyl halides is 3. The Morgan fingerprint density at radius 1 is 1.32 bits per heavy atom. The summed E-state index contributed by atoms with van der Waals surface area (Å²) in [6.45, 7) is -0.500. The number of hydrogen-bond donors (Lipinski definition) is 2. The third-order valence-electron chi connectivity index (χ3n) is 3.42. The Hall–Kier alpha value is -1.96. The number of fused-ring (bicyclic) bond motifs is 3. The quantitative estimate of drug-likeness (QED) is 0.560. The average molecular weight is 273 g/mol. The molecule has 2 heterocycles. The van der Waals surface area contributed by atoms with E-state index in [4.69, 9.17) is 0 Å². The number of nitrogens with one attached hydrogen (secondary N) is 1. The number of benzene rings is 1. The van der Waals surface area contributed by atoms with Crippen LogP contribution in [0.5, 0.6) is 0 Å². The van der Waals surface area contributed by atoms with Crippen molar-refractivity contribution in [3.8, 4) is 0 Å². The molecule has 0 saturated carbocycles. The summed E-state index contributed by atoms with van der Waals surface area (Å²) in [5.74, 6) is 0. The molecule has 0 radical (unpaired) electrons. The third kappa shape index (κ3) is 1.71. The summed E-state index contributed by atoms with van der Waals surface area (Å²) in [4.78, 5) is 11.6. The Morgan fingerprint density at radius 3 is 2.68 bits per heavy atom. The Bertz CT molecular complexity index is 534. The van der Waals surface area contributed by atoms with E-state index >= 15 is 0 Å². The minimum atomic E-state index is -4.56. The molecule has 1 aromatic rings. The number of rotatable bonds is 0. The van der Waals surface area contributed by atoms with Crippen LogP contribution in [0.4, 0.5) is 23.7 Å². The van der Waals surface area contributed by atoms with E-state index in [1.807, 2.05) is 0 Å². The maximum Gasteiger partial charge on any atom is 0.485 e. The molecule has 8 heteroatoms. The van der Waals surface area contributed by atoms with Crippen molar-refractivity contribution in [2.24, 2.45) is 0 Å². The molecule has 3 rings (SSSR count). The molecule has 0 aromatic heterocycles. The van der Waals surface area contributed by atoms with Gasteiger partial charge in [-0.3, -0.25) is 10.1 Å². The van der Waals surface area contributed by atoms with Crippen molar-refractivity contribution in [1.29, 1.82) is 0 Å². The largest absolute Gasteiger partial charge is 0.485 e. The predicted octanol–water partition coefficient (Wildman–Crippen LogP) is 1.85. The normalized spacial score (nSPS) is 26.0. The van der Waals surface area contributed by atoms with Crippen LogP contribution >= 0.6 is 0 Å². The fourth-order valence-corrected chi connectivity index (χ4v) is 2.58. The van der Waals surface area contributed by atoms with E-state index in [0.717, 1.165) is 0 Å². The number of halogens is 3. The van der Waals surface area contributed by atoms with Crippen LogP contribution < -0.4 is 10.2 Å². The molecule has 19 heavy (non-hydrogen) atoms. The van der Waals surface area contributed by atoms with Gasteiger partial charge in [0.05, 0.1) is 12.6 Å². The van der Waals surface area contributed by atoms with Crippen LogP contribution in [0.1, 0.15) is 11.6 Å². The predicted molar refractivity (Wildman–Crippen MR) is 58.5 cm³/mol. The van der Waals surface area contributed by atoms with Gasteiger partial charge in [0, 0.05) is 11.3 Å². The molecule has 2 aliphatic heterocycles. The van der Waals surface area contributed by atoms with Crippen LogP contribution in [0.25, 0.3) is 0 Å². The van der Waals surface area contributed by atoms with Gasteiger partial charge in [0.1, 0.15) is 6.04 Å². The molecular weight excluding hydrogens is 263 g/mol. The maximum absolute atomic E-state index is 13.0. The second-order valence-corrected chi connectivity index (χ2v) is 4.48. The Morgan fingerprint density at radius 2 is 2.00 bits per heavy atom. The lowest BCUT2D eigenvalue weighted by Gasteiger charge is -2.38. The molecule has 2 atom stereocenters. The number of urea groups is 1. The Balaban J connectivity index is 2.10. The van der Waals surface area contributed by atoms with Gasteiger partial charge in [-0.05, 0) is 6.07 Å². The van der Waals surface area contributed by atoms with Gasteiger partial charge in [0.25, 0.3) is 0 Å². The van der Waals surface area contributed by atoms with Gasteiger partial charge < -0.3 is 5.32 Å². The molecule has 0 bridgehead atoms. The van der Waals surface area contributed by atoms with Gasteiger partial charge >= 0.3 is 12.3 Å².